The molecule has 0 radical (unpaired) electrons. The molecule has 5 nitrogen and oxygen atoms in total. The summed E-state index contributed by atoms with van der Waals surface area (Å²) >= 11 is 4.72. The average molecular weight is 438 g/mol. The molecule has 0 spiro atoms. The molecular formula is C19H24BrN3O2S. The van der Waals surface area contributed by atoms with Crippen LogP contribution in [0.4, 0.5) is 0 Å². The third kappa shape index (κ3) is 4.98. The summed E-state index contributed by atoms with van der Waals surface area (Å²) in [7, 11) is 0. The van der Waals surface area contributed by atoms with Crippen molar-refractivity contribution in [2.75, 3.05) is 18.8 Å². The van der Waals surface area contributed by atoms with Crippen LogP contribution in [-0.2, 0) is 11.3 Å². The van der Waals surface area contributed by atoms with E-state index in [-0.39, 0.29) is 17.2 Å². The second kappa shape index (κ2) is 9.37. The van der Waals surface area contributed by atoms with E-state index in [0.717, 1.165) is 16.5 Å². The maximum Gasteiger partial charge on any atom is 0.262 e. The van der Waals surface area contributed by atoms with Gasteiger partial charge < -0.3 is 4.90 Å². The van der Waals surface area contributed by atoms with Crippen molar-refractivity contribution in [1.82, 2.24) is 14.5 Å². The fourth-order valence-electron chi connectivity index (χ4n) is 2.62. The van der Waals surface area contributed by atoms with Gasteiger partial charge in [-0.2, -0.15) is 0 Å². The minimum absolute atomic E-state index is 0.0219. The van der Waals surface area contributed by atoms with Gasteiger partial charge in [0.2, 0.25) is 5.91 Å². The summed E-state index contributed by atoms with van der Waals surface area (Å²) in [6, 6.07) is 5.48. The topological polar surface area (TPSA) is 55.2 Å². The highest BCUT2D eigenvalue weighted by Gasteiger charge is 2.16. The first kappa shape index (κ1) is 20.7. The lowest BCUT2D eigenvalue weighted by molar-refractivity contribution is -0.127. The molecule has 0 aliphatic heterocycles. The average Bonchev–Trinajstić information content (AvgIpc) is 2.60. The van der Waals surface area contributed by atoms with Gasteiger partial charge in [0.25, 0.3) is 5.56 Å². The Bertz CT molecular complexity index is 879. The molecule has 0 N–H and O–H groups in total. The largest absolute Gasteiger partial charge is 0.338 e. The third-order valence-electron chi connectivity index (χ3n) is 3.85. The Morgan fingerprint density at radius 2 is 2.12 bits per heavy atom. The SMILES string of the molecule is C=C(C)CN(CC)C(=O)CSc1nc2ccc(Br)cc2c(=O)n1CCC. The molecule has 0 aliphatic carbocycles. The molecule has 0 saturated heterocycles. The first-order valence-electron chi connectivity index (χ1n) is 8.62. The number of benzene rings is 1. The summed E-state index contributed by atoms with van der Waals surface area (Å²) in [5, 5.41) is 1.17. The molecule has 0 saturated carbocycles. The number of nitrogens with zero attached hydrogens (tertiary/aromatic N) is 3. The zero-order chi connectivity index (χ0) is 19.3. The van der Waals surface area contributed by atoms with Crippen LogP contribution >= 0.6 is 27.7 Å². The molecule has 26 heavy (non-hydrogen) atoms. The molecule has 7 heteroatoms. The van der Waals surface area contributed by atoms with Crippen LogP contribution in [0, 0.1) is 0 Å². The van der Waals surface area contributed by atoms with E-state index in [1.165, 1.54) is 11.8 Å². The molecule has 0 unspecified atom stereocenters. The molecular weight excluding hydrogens is 414 g/mol. The van der Waals surface area contributed by atoms with Crippen LogP contribution in [0.2, 0.25) is 0 Å². The summed E-state index contributed by atoms with van der Waals surface area (Å²) in [6.45, 7) is 11.5. The Balaban J connectivity index is 2.32. The number of hydrogen-bond acceptors (Lipinski definition) is 4. The normalized spacial score (nSPS) is 10.9. The molecule has 1 aromatic heterocycles. The van der Waals surface area contributed by atoms with Crippen LogP contribution in [0.3, 0.4) is 0 Å². The van der Waals surface area contributed by atoms with Crippen LogP contribution in [0.1, 0.15) is 27.2 Å². The number of aromatic nitrogens is 2. The quantitative estimate of drug-likeness (QED) is 0.354. The van der Waals surface area contributed by atoms with Crippen LogP contribution in [0.5, 0.6) is 0 Å². The van der Waals surface area contributed by atoms with Gasteiger partial charge >= 0.3 is 0 Å². The van der Waals surface area contributed by atoms with Gasteiger partial charge in [0.1, 0.15) is 0 Å². The number of fused-ring (bicyclic) bond motifs is 1. The van der Waals surface area contributed by atoms with Crippen molar-refractivity contribution in [2.24, 2.45) is 0 Å². The van der Waals surface area contributed by atoms with E-state index in [2.05, 4.69) is 27.5 Å². The zero-order valence-corrected chi connectivity index (χ0v) is 17.8. The van der Waals surface area contributed by atoms with Gasteiger partial charge in [0, 0.05) is 24.1 Å². The molecule has 1 heterocycles. The minimum Gasteiger partial charge on any atom is -0.338 e. The van der Waals surface area contributed by atoms with E-state index >= 15 is 0 Å². The van der Waals surface area contributed by atoms with Crippen molar-refractivity contribution in [3.8, 4) is 0 Å². The zero-order valence-electron chi connectivity index (χ0n) is 15.4. The Labute approximate surface area is 166 Å². The van der Waals surface area contributed by atoms with Crippen LogP contribution in [0.25, 0.3) is 10.9 Å². The van der Waals surface area contributed by atoms with Gasteiger partial charge in [-0.15, -0.1) is 0 Å². The summed E-state index contributed by atoms with van der Waals surface area (Å²) in [6.07, 6.45) is 0.819. The second-order valence-electron chi connectivity index (χ2n) is 6.17. The smallest absolute Gasteiger partial charge is 0.262 e. The van der Waals surface area contributed by atoms with Crippen LogP contribution < -0.4 is 5.56 Å². The minimum atomic E-state index is -0.0672. The number of carbonyl (C=O) groups is 1. The lowest BCUT2D eigenvalue weighted by Crippen LogP contribution is -2.33. The van der Waals surface area contributed by atoms with Gasteiger partial charge in [0.15, 0.2) is 5.16 Å². The molecule has 0 atom stereocenters. The second-order valence-corrected chi connectivity index (χ2v) is 8.02. The molecule has 0 fully saturated rings. The predicted octanol–water partition coefficient (Wildman–Crippen LogP) is 4.09. The van der Waals surface area contributed by atoms with Crippen LogP contribution in [0.15, 0.2) is 44.8 Å². The predicted molar refractivity (Wildman–Crippen MR) is 112 cm³/mol. The molecule has 140 valence electrons. The van der Waals surface area contributed by atoms with Crippen molar-refractivity contribution in [2.45, 2.75) is 38.9 Å². The summed E-state index contributed by atoms with van der Waals surface area (Å²) in [5.74, 6) is 0.271. The fourth-order valence-corrected chi connectivity index (χ4v) is 3.91. The van der Waals surface area contributed by atoms with Crippen molar-refractivity contribution in [3.05, 3.63) is 45.2 Å². The lowest BCUT2D eigenvalue weighted by atomic mass is 10.2. The van der Waals surface area contributed by atoms with Gasteiger partial charge in [-0.3, -0.25) is 14.2 Å². The summed E-state index contributed by atoms with van der Waals surface area (Å²) in [5.41, 5.74) is 1.53. The van der Waals surface area contributed by atoms with Crippen molar-refractivity contribution in [1.29, 1.82) is 0 Å². The van der Waals surface area contributed by atoms with E-state index < -0.39 is 0 Å². The standard InChI is InChI=1S/C19H24BrN3O2S/c1-5-9-23-18(25)15-10-14(20)7-8-16(15)21-19(23)26-12-17(24)22(6-2)11-13(3)4/h7-8,10H,3,5-6,9,11-12H2,1-2,4H3. The van der Waals surface area contributed by atoms with E-state index in [4.69, 9.17) is 0 Å². The maximum absolute atomic E-state index is 12.9. The first-order valence-corrected chi connectivity index (χ1v) is 10.4. The highest BCUT2D eigenvalue weighted by atomic mass is 79.9. The Hall–Kier alpha value is -1.60. The lowest BCUT2D eigenvalue weighted by Gasteiger charge is -2.21. The number of hydrogen-bond donors (Lipinski definition) is 0. The highest BCUT2D eigenvalue weighted by Crippen LogP contribution is 2.21. The maximum atomic E-state index is 12.9. The number of thioether (sulfide) groups is 1. The van der Waals surface area contributed by atoms with Crippen molar-refractivity contribution < 1.29 is 4.79 Å². The van der Waals surface area contributed by atoms with Gasteiger partial charge in [-0.1, -0.05) is 46.8 Å². The third-order valence-corrected chi connectivity index (χ3v) is 5.30. The summed E-state index contributed by atoms with van der Waals surface area (Å²) < 4.78 is 2.52. The number of likely N-dealkylation sites (N-methyl/N-ethyl adjacent to an activating group) is 1. The van der Waals surface area contributed by atoms with Crippen LogP contribution in [-0.4, -0.2) is 39.2 Å². The fraction of sp³-hybridized carbons (Fsp3) is 0.421. The number of amides is 1. The van der Waals surface area contributed by atoms with Gasteiger partial charge in [-0.25, -0.2) is 4.98 Å². The van der Waals surface area contributed by atoms with Gasteiger partial charge in [0.05, 0.1) is 16.7 Å². The van der Waals surface area contributed by atoms with E-state index in [0.29, 0.717) is 35.7 Å². The molecule has 0 aliphatic rings. The highest BCUT2D eigenvalue weighted by molar-refractivity contribution is 9.10. The molecule has 2 rings (SSSR count). The van der Waals surface area contributed by atoms with Gasteiger partial charge in [-0.05, 0) is 38.5 Å². The Kier molecular flexibility index (Phi) is 7.46. The number of rotatable bonds is 8. The molecule has 1 aromatic carbocycles. The van der Waals surface area contributed by atoms with E-state index in [1.54, 1.807) is 15.5 Å². The molecule has 0 bridgehead atoms. The molecule has 1 amide bonds. The number of halogens is 1. The molecule has 2 aromatic rings. The first-order chi connectivity index (χ1) is 12.4. The Morgan fingerprint density at radius 3 is 2.73 bits per heavy atom. The van der Waals surface area contributed by atoms with E-state index in [1.807, 2.05) is 32.9 Å². The Morgan fingerprint density at radius 1 is 1.38 bits per heavy atom. The van der Waals surface area contributed by atoms with Crippen molar-refractivity contribution >= 4 is 44.5 Å². The monoisotopic (exact) mass is 437 g/mol. The van der Waals surface area contributed by atoms with Crippen molar-refractivity contribution in [3.63, 3.8) is 0 Å². The van der Waals surface area contributed by atoms with E-state index in [9.17, 15) is 9.59 Å². The summed E-state index contributed by atoms with van der Waals surface area (Å²) in [4.78, 5) is 31.7. The number of carbonyl (C=O) groups excluding carboxylic acids is 1.